The Morgan fingerprint density at radius 3 is 1.92 bits per heavy atom. The summed E-state index contributed by atoms with van der Waals surface area (Å²) in [6.07, 6.45) is 0.152. The number of amides is 3. The van der Waals surface area contributed by atoms with Crippen molar-refractivity contribution in [3.8, 4) is 0 Å². The maximum Gasteiger partial charge on any atom is 0.325 e. The number of urea groups is 1. The molecule has 1 N–H and O–H groups in total. The van der Waals surface area contributed by atoms with E-state index in [1.165, 1.54) is 6.92 Å². The Kier molecular flexibility index (Phi) is 4.16. The highest BCUT2D eigenvalue weighted by molar-refractivity contribution is 6.09. The van der Waals surface area contributed by atoms with Gasteiger partial charge >= 0.3 is 6.03 Å². The topological polar surface area (TPSA) is 66.5 Å². The summed E-state index contributed by atoms with van der Waals surface area (Å²) >= 11 is 0. The molecule has 0 unspecified atom stereocenters. The number of ketones is 1. The monoisotopic (exact) mass is 322 g/mol. The van der Waals surface area contributed by atoms with Gasteiger partial charge in [-0.2, -0.15) is 0 Å². The van der Waals surface area contributed by atoms with E-state index >= 15 is 0 Å². The molecule has 0 spiro atoms. The summed E-state index contributed by atoms with van der Waals surface area (Å²) in [6, 6.07) is 17.8. The Bertz CT molecular complexity index is 732. The van der Waals surface area contributed by atoms with Crippen LogP contribution in [0.2, 0.25) is 0 Å². The Labute approximate surface area is 140 Å². The molecular formula is C19H18N2O3. The first-order chi connectivity index (χ1) is 11.6. The summed E-state index contributed by atoms with van der Waals surface area (Å²) in [5, 5.41) is 2.85. The molecule has 1 aliphatic heterocycles. The predicted octanol–water partition coefficient (Wildman–Crippen LogP) is 2.46. The SMILES string of the molecule is CC(=O)CCN1C(=O)NC(c2ccccc2)(c2ccccc2)C1=O. The van der Waals surface area contributed by atoms with E-state index in [1.54, 1.807) is 0 Å². The van der Waals surface area contributed by atoms with Crippen LogP contribution in [0.1, 0.15) is 24.5 Å². The van der Waals surface area contributed by atoms with E-state index in [-0.39, 0.29) is 24.7 Å². The van der Waals surface area contributed by atoms with Crippen LogP contribution in [0.15, 0.2) is 60.7 Å². The standard InChI is InChI=1S/C19H18N2O3/c1-14(22)12-13-21-17(23)19(20-18(21)24,15-8-4-2-5-9-15)16-10-6-3-7-11-16/h2-11H,12-13H2,1H3,(H,20,24). The molecule has 5 nitrogen and oxygen atoms in total. The van der Waals surface area contributed by atoms with Gasteiger partial charge in [0.1, 0.15) is 5.78 Å². The van der Waals surface area contributed by atoms with Gasteiger partial charge in [-0.05, 0) is 18.1 Å². The first-order valence-electron chi connectivity index (χ1n) is 7.80. The van der Waals surface area contributed by atoms with Crippen molar-refractivity contribution in [2.45, 2.75) is 18.9 Å². The van der Waals surface area contributed by atoms with Gasteiger partial charge in [0.25, 0.3) is 5.91 Å². The van der Waals surface area contributed by atoms with Crippen LogP contribution in [0, 0.1) is 0 Å². The van der Waals surface area contributed by atoms with Gasteiger partial charge in [0.2, 0.25) is 0 Å². The number of imide groups is 1. The zero-order valence-corrected chi connectivity index (χ0v) is 13.4. The van der Waals surface area contributed by atoms with Gasteiger partial charge in [-0.15, -0.1) is 0 Å². The molecular weight excluding hydrogens is 304 g/mol. The lowest BCUT2D eigenvalue weighted by atomic mass is 9.82. The molecule has 3 rings (SSSR count). The minimum atomic E-state index is -1.25. The molecule has 2 aromatic carbocycles. The maximum atomic E-state index is 13.2. The summed E-state index contributed by atoms with van der Waals surface area (Å²) in [7, 11) is 0. The van der Waals surface area contributed by atoms with Crippen LogP contribution >= 0.6 is 0 Å². The normalized spacial score (nSPS) is 16.1. The third kappa shape index (κ3) is 2.58. The summed E-state index contributed by atoms with van der Waals surface area (Å²) in [4.78, 5) is 38.0. The molecule has 0 radical (unpaired) electrons. The summed E-state index contributed by atoms with van der Waals surface area (Å²) in [5.74, 6) is -0.418. The Morgan fingerprint density at radius 2 is 1.46 bits per heavy atom. The molecule has 1 fully saturated rings. The van der Waals surface area contributed by atoms with Crippen molar-refractivity contribution in [3.05, 3.63) is 71.8 Å². The van der Waals surface area contributed by atoms with Crippen LogP contribution < -0.4 is 5.32 Å². The van der Waals surface area contributed by atoms with Crippen LogP contribution in [-0.2, 0) is 15.1 Å². The number of benzene rings is 2. The highest BCUT2D eigenvalue weighted by Crippen LogP contribution is 2.35. The third-order valence-corrected chi connectivity index (χ3v) is 4.21. The number of Topliss-reactive ketones (excluding diaryl/α,β-unsaturated/α-hetero) is 1. The van der Waals surface area contributed by atoms with Crippen LogP contribution in [0.4, 0.5) is 4.79 Å². The fourth-order valence-corrected chi connectivity index (χ4v) is 2.98. The number of carbonyl (C=O) groups is 3. The predicted molar refractivity (Wildman–Crippen MR) is 89.2 cm³/mol. The minimum absolute atomic E-state index is 0.0625. The molecule has 24 heavy (non-hydrogen) atoms. The molecule has 5 heteroatoms. The Balaban J connectivity index is 2.09. The van der Waals surface area contributed by atoms with E-state index in [0.29, 0.717) is 11.1 Å². The molecule has 0 atom stereocenters. The van der Waals surface area contributed by atoms with Gasteiger partial charge < -0.3 is 5.32 Å². The van der Waals surface area contributed by atoms with Crippen LogP contribution in [0.3, 0.4) is 0 Å². The van der Waals surface area contributed by atoms with Crippen molar-refractivity contribution in [3.63, 3.8) is 0 Å². The van der Waals surface area contributed by atoms with E-state index < -0.39 is 11.6 Å². The molecule has 0 bridgehead atoms. The molecule has 1 saturated heterocycles. The van der Waals surface area contributed by atoms with Crippen molar-refractivity contribution >= 4 is 17.7 Å². The number of nitrogens with one attached hydrogen (secondary N) is 1. The minimum Gasteiger partial charge on any atom is -0.315 e. The average molecular weight is 322 g/mol. The maximum absolute atomic E-state index is 13.2. The molecule has 1 aliphatic rings. The van der Waals surface area contributed by atoms with Gasteiger partial charge in [0.15, 0.2) is 5.54 Å². The molecule has 0 saturated carbocycles. The van der Waals surface area contributed by atoms with Gasteiger partial charge in [0, 0.05) is 13.0 Å². The van der Waals surface area contributed by atoms with E-state index in [9.17, 15) is 14.4 Å². The summed E-state index contributed by atoms with van der Waals surface area (Å²) in [5.41, 5.74) is 0.135. The zero-order valence-electron chi connectivity index (χ0n) is 13.4. The second-order valence-electron chi connectivity index (χ2n) is 5.82. The molecule has 0 aliphatic carbocycles. The summed E-state index contributed by atoms with van der Waals surface area (Å²) in [6.45, 7) is 1.53. The Hall–Kier alpha value is -2.95. The van der Waals surface area contributed by atoms with Gasteiger partial charge in [-0.25, -0.2) is 4.79 Å². The fourth-order valence-electron chi connectivity index (χ4n) is 2.98. The molecule has 0 aromatic heterocycles. The quantitative estimate of drug-likeness (QED) is 0.860. The van der Waals surface area contributed by atoms with E-state index in [0.717, 1.165) is 4.90 Å². The number of nitrogens with zero attached hydrogens (tertiary/aromatic N) is 1. The van der Waals surface area contributed by atoms with Gasteiger partial charge in [-0.1, -0.05) is 60.7 Å². The highest BCUT2D eigenvalue weighted by atomic mass is 16.2. The van der Waals surface area contributed by atoms with Crippen molar-refractivity contribution in [2.75, 3.05) is 6.54 Å². The van der Waals surface area contributed by atoms with Crippen LogP contribution in [0.25, 0.3) is 0 Å². The molecule has 122 valence electrons. The van der Waals surface area contributed by atoms with Crippen molar-refractivity contribution in [2.24, 2.45) is 0 Å². The Morgan fingerprint density at radius 1 is 0.958 bits per heavy atom. The lowest BCUT2D eigenvalue weighted by molar-refractivity contribution is -0.130. The lowest BCUT2D eigenvalue weighted by Crippen LogP contribution is -2.45. The van der Waals surface area contributed by atoms with Crippen LogP contribution in [-0.4, -0.2) is 29.2 Å². The van der Waals surface area contributed by atoms with Crippen molar-refractivity contribution in [1.29, 1.82) is 0 Å². The third-order valence-electron chi connectivity index (χ3n) is 4.21. The average Bonchev–Trinajstić information content (AvgIpc) is 2.86. The second-order valence-corrected chi connectivity index (χ2v) is 5.82. The smallest absolute Gasteiger partial charge is 0.315 e. The second kappa shape index (κ2) is 6.28. The van der Waals surface area contributed by atoms with Crippen molar-refractivity contribution in [1.82, 2.24) is 10.2 Å². The van der Waals surface area contributed by atoms with Gasteiger partial charge in [-0.3, -0.25) is 14.5 Å². The zero-order chi connectivity index (χ0) is 17.2. The molecule has 3 amide bonds. The van der Waals surface area contributed by atoms with E-state index in [2.05, 4.69) is 5.32 Å². The summed E-state index contributed by atoms with van der Waals surface area (Å²) < 4.78 is 0. The molecule has 2 aromatic rings. The number of hydrogen-bond donors (Lipinski definition) is 1. The van der Waals surface area contributed by atoms with E-state index in [1.807, 2.05) is 60.7 Å². The number of rotatable bonds is 5. The lowest BCUT2D eigenvalue weighted by Gasteiger charge is -2.28. The highest BCUT2D eigenvalue weighted by Gasteiger charge is 2.53. The van der Waals surface area contributed by atoms with E-state index in [4.69, 9.17) is 0 Å². The molecule has 1 heterocycles. The first kappa shape index (κ1) is 15.9. The van der Waals surface area contributed by atoms with Crippen LogP contribution in [0.5, 0.6) is 0 Å². The van der Waals surface area contributed by atoms with Gasteiger partial charge in [0.05, 0.1) is 0 Å². The first-order valence-corrected chi connectivity index (χ1v) is 7.80. The fraction of sp³-hybridized carbons (Fsp3) is 0.211. The number of carbonyl (C=O) groups excluding carboxylic acids is 3. The number of hydrogen-bond acceptors (Lipinski definition) is 3. The van der Waals surface area contributed by atoms with Crippen molar-refractivity contribution < 1.29 is 14.4 Å². The largest absolute Gasteiger partial charge is 0.325 e.